The second-order valence-corrected chi connectivity index (χ2v) is 3.57. The summed E-state index contributed by atoms with van der Waals surface area (Å²) in [4.78, 5) is 8.39. The summed E-state index contributed by atoms with van der Waals surface area (Å²) < 4.78 is 1.95. The minimum absolute atomic E-state index is 0.299. The number of aliphatic imine (C=N–C) groups is 1. The molecule has 1 unspecified atom stereocenters. The van der Waals surface area contributed by atoms with Crippen LogP contribution in [0.5, 0.6) is 0 Å². The van der Waals surface area contributed by atoms with Gasteiger partial charge in [0.1, 0.15) is 11.9 Å². The van der Waals surface area contributed by atoms with Crippen LogP contribution in [0.3, 0.4) is 0 Å². The third-order valence-corrected chi connectivity index (χ3v) is 2.18. The molecule has 1 aromatic heterocycles. The Bertz CT molecular complexity index is 377. The molecule has 1 aromatic rings. The van der Waals surface area contributed by atoms with Gasteiger partial charge in [0.05, 0.1) is 6.33 Å². The predicted molar refractivity (Wildman–Crippen MR) is 54.0 cm³/mol. The summed E-state index contributed by atoms with van der Waals surface area (Å²) in [6.07, 6.45) is 1.38. The molecular formula is C8H14N6. The van der Waals surface area contributed by atoms with Crippen molar-refractivity contribution in [3.05, 3.63) is 12.0 Å². The summed E-state index contributed by atoms with van der Waals surface area (Å²) in [6.45, 7) is 4.11. The summed E-state index contributed by atoms with van der Waals surface area (Å²) in [7, 11) is 0. The lowest BCUT2D eigenvalue weighted by Crippen LogP contribution is -2.41. The number of nitrogens with zero attached hydrogens (tertiary/aromatic N) is 3. The maximum absolute atomic E-state index is 5.80. The topological polar surface area (TPSA) is 94.2 Å². The van der Waals surface area contributed by atoms with E-state index in [1.54, 1.807) is 6.33 Å². The predicted octanol–water partition coefficient (Wildman–Crippen LogP) is -0.0293. The summed E-state index contributed by atoms with van der Waals surface area (Å²) in [6, 6.07) is 0.299. The first-order valence-corrected chi connectivity index (χ1v) is 4.52. The standard InChI is InChI=1S/C8H14N6/c1-4(2)14-3-11-5-6(9)12-8(10)13-7(5)14/h3-4,6H,9H2,1-2H3,(H3,10,12,13). The molecule has 76 valence electrons. The Kier molecular flexibility index (Phi) is 1.92. The minimum Gasteiger partial charge on any atom is -0.370 e. The highest BCUT2D eigenvalue weighted by molar-refractivity contribution is 5.83. The largest absolute Gasteiger partial charge is 0.370 e. The van der Waals surface area contributed by atoms with E-state index in [4.69, 9.17) is 11.5 Å². The van der Waals surface area contributed by atoms with Crippen molar-refractivity contribution in [2.45, 2.75) is 26.1 Å². The van der Waals surface area contributed by atoms with Gasteiger partial charge in [-0.2, -0.15) is 4.99 Å². The lowest BCUT2D eigenvalue weighted by Gasteiger charge is -2.19. The highest BCUT2D eigenvalue weighted by Gasteiger charge is 2.22. The fraction of sp³-hybridized carbons (Fsp3) is 0.500. The van der Waals surface area contributed by atoms with Crippen molar-refractivity contribution < 1.29 is 0 Å². The van der Waals surface area contributed by atoms with Crippen molar-refractivity contribution in [1.29, 1.82) is 0 Å². The van der Waals surface area contributed by atoms with Gasteiger partial charge in [-0.05, 0) is 13.8 Å². The van der Waals surface area contributed by atoms with Crippen LogP contribution in [0.25, 0.3) is 0 Å². The molecule has 2 rings (SSSR count). The Hall–Kier alpha value is -1.56. The summed E-state index contributed by atoms with van der Waals surface area (Å²) in [5.74, 6) is 1.09. The number of rotatable bonds is 1. The zero-order chi connectivity index (χ0) is 10.3. The summed E-state index contributed by atoms with van der Waals surface area (Å²) >= 11 is 0. The van der Waals surface area contributed by atoms with E-state index in [9.17, 15) is 0 Å². The molecule has 0 fully saturated rings. The molecule has 0 radical (unpaired) electrons. The van der Waals surface area contributed by atoms with Gasteiger partial charge in [0.15, 0.2) is 11.8 Å². The van der Waals surface area contributed by atoms with E-state index >= 15 is 0 Å². The monoisotopic (exact) mass is 194 g/mol. The Labute approximate surface area is 82.0 Å². The number of hydrogen-bond acceptors (Lipinski definition) is 5. The number of nitrogens with one attached hydrogen (secondary N) is 1. The number of aromatic nitrogens is 2. The van der Waals surface area contributed by atoms with E-state index in [0.29, 0.717) is 12.0 Å². The quantitative estimate of drug-likeness (QED) is 0.585. The molecule has 1 atom stereocenters. The van der Waals surface area contributed by atoms with Gasteiger partial charge in [0.25, 0.3) is 0 Å². The molecule has 1 aliphatic heterocycles. The maximum Gasteiger partial charge on any atom is 0.196 e. The van der Waals surface area contributed by atoms with Crippen molar-refractivity contribution in [3.63, 3.8) is 0 Å². The molecule has 0 aliphatic carbocycles. The molecule has 0 saturated carbocycles. The van der Waals surface area contributed by atoms with Crippen LogP contribution in [-0.4, -0.2) is 15.5 Å². The number of hydrogen-bond donors (Lipinski definition) is 3. The van der Waals surface area contributed by atoms with Crippen molar-refractivity contribution >= 4 is 11.8 Å². The van der Waals surface area contributed by atoms with E-state index < -0.39 is 0 Å². The molecule has 1 aliphatic rings. The van der Waals surface area contributed by atoms with Crippen LogP contribution in [0.1, 0.15) is 31.7 Å². The highest BCUT2D eigenvalue weighted by atomic mass is 15.3. The zero-order valence-corrected chi connectivity index (χ0v) is 8.23. The van der Waals surface area contributed by atoms with Gasteiger partial charge in [-0.1, -0.05) is 0 Å². The average Bonchev–Trinajstić information content (AvgIpc) is 2.47. The van der Waals surface area contributed by atoms with Crippen LogP contribution in [0.15, 0.2) is 11.3 Å². The maximum atomic E-state index is 5.80. The molecule has 0 bridgehead atoms. The highest BCUT2D eigenvalue weighted by Crippen LogP contribution is 2.27. The molecule has 2 heterocycles. The Balaban J connectivity index is 2.53. The summed E-state index contributed by atoms with van der Waals surface area (Å²) in [5, 5.41) is 2.82. The van der Waals surface area contributed by atoms with Crippen molar-refractivity contribution in [1.82, 2.24) is 14.9 Å². The first-order chi connectivity index (χ1) is 6.59. The van der Waals surface area contributed by atoms with Crippen LogP contribution in [0.2, 0.25) is 0 Å². The molecule has 0 aromatic carbocycles. The number of fused-ring (bicyclic) bond motifs is 1. The zero-order valence-electron chi connectivity index (χ0n) is 8.23. The fourth-order valence-electron chi connectivity index (χ4n) is 1.46. The van der Waals surface area contributed by atoms with Gasteiger partial charge < -0.3 is 21.4 Å². The van der Waals surface area contributed by atoms with E-state index in [1.807, 2.05) is 4.57 Å². The van der Waals surface area contributed by atoms with Gasteiger partial charge in [-0.25, -0.2) is 4.98 Å². The van der Waals surface area contributed by atoms with Gasteiger partial charge in [-0.3, -0.25) is 0 Å². The third kappa shape index (κ3) is 1.24. The van der Waals surface area contributed by atoms with Crippen LogP contribution in [-0.2, 0) is 0 Å². The summed E-state index contributed by atoms with van der Waals surface area (Å²) in [5.41, 5.74) is 12.1. The normalized spacial score (nSPS) is 20.3. The van der Waals surface area contributed by atoms with E-state index in [2.05, 4.69) is 29.1 Å². The molecule has 0 amide bonds. The fourth-order valence-corrected chi connectivity index (χ4v) is 1.46. The first-order valence-electron chi connectivity index (χ1n) is 4.52. The van der Waals surface area contributed by atoms with Crippen molar-refractivity contribution in [2.24, 2.45) is 16.5 Å². The lowest BCUT2D eigenvalue weighted by atomic mass is 10.3. The van der Waals surface area contributed by atoms with Crippen LogP contribution >= 0.6 is 0 Å². The average molecular weight is 194 g/mol. The Morgan fingerprint density at radius 2 is 2.29 bits per heavy atom. The van der Waals surface area contributed by atoms with Gasteiger partial charge in [0.2, 0.25) is 0 Å². The third-order valence-electron chi connectivity index (χ3n) is 2.18. The molecular weight excluding hydrogens is 180 g/mol. The van der Waals surface area contributed by atoms with Crippen LogP contribution in [0.4, 0.5) is 5.82 Å². The van der Waals surface area contributed by atoms with E-state index in [0.717, 1.165) is 11.5 Å². The lowest BCUT2D eigenvalue weighted by molar-refractivity contribution is 0.594. The first kappa shape index (κ1) is 9.01. The molecule has 0 spiro atoms. The van der Waals surface area contributed by atoms with Crippen LogP contribution in [0, 0.1) is 0 Å². The molecule has 14 heavy (non-hydrogen) atoms. The number of guanidine groups is 1. The van der Waals surface area contributed by atoms with Gasteiger partial charge >= 0.3 is 0 Å². The smallest absolute Gasteiger partial charge is 0.196 e. The second-order valence-electron chi connectivity index (χ2n) is 3.57. The van der Waals surface area contributed by atoms with Crippen molar-refractivity contribution in [2.75, 3.05) is 0 Å². The Morgan fingerprint density at radius 1 is 1.57 bits per heavy atom. The molecule has 0 saturated heterocycles. The van der Waals surface area contributed by atoms with Gasteiger partial charge in [0, 0.05) is 6.04 Å². The second kappa shape index (κ2) is 2.98. The minimum atomic E-state index is -0.359. The van der Waals surface area contributed by atoms with E-state index in [-0.39, 0.29) is 6.17 Å². The SMILES string of the molecule is CC(C)n1cnc2c1N=C(N)NC2N. The Morgan fingerprint density at radius 3 is 2.93 bits per heavy atom. The number of imidazole rings is 1. The molecule has 5 N–H and O–H groups in total. The number of nitrogens with two attached hydrogens (primary N) is 2. The molecule has 6 nitrogen and oxygen atoms in total. The van der Waals surface area contributed by atoms with Crippen molar-refractivity contribution in [3.8, 4) is 0 Å². The molecule has 6 heteroatoms. The van der Waals surface area contributed by atoms with Crippen LogP contribution < -0.4 is 16.8 Å². The van der Waals surface area contributed by atoms with E-state index in [1.165, 1.54) is 0 Å². The van der Waals surface area contributed by atoms with Gasteiger partial charge in [-0.15, -0.1) is 0 Å².